The number of alkyl halides is 3. The molecular weight excluding hydrogens is 414 g/mol. The summed E-state index contributed by atoms with van der Waals surface area (Å²) in [5.74, 6) is -1.06. The minimum Gasteiger partial charge on any atom is -0.424 e. The fourth-order valence-corrected chi connectivity index (χ4v) is 4.39. The Morgan fingerprint density at radius 1 is 1.00 bits per heavy atom. The summed E-state index contributed by atoms with van der Waals surface area (Å²) in [6.45, 7) is -0.178. The summed E-state index contributed by atoms with van der Waals surface area (Å²) in [4.78, 5) is 7.16. The molecule has 4 rings (SSSR count). The molecule has 0 spiro atoms. The summed E-state index contributed by atoms with van der Waals surface area (Å²) >= 11 is 0. The van der Waals surface area contributed by atoms with Crippen molar-refractivity contribution in [3.63, 3.8) is 0 Å². The standard InChI is InChI=1S/C18H11F4N3O3S/c19-12-5-7-13(8-6-12)28-17-23-15(18(20,21)22)9-16(24-17)25-10-11-3-1-2-4-14(11)29(25,26)27/h1-9H,10H2. The molecule has 0 amide bonds. The molecule has 2 heterocycles. The monoisotopic (exact) mass is 425 g/mol. The zero-order valence-corrected chi connectivity index (χ0v) is 15.2. The van der Waals surface area contributed by atoms with Gasteiger partial charge in [0.15, 0.2) is 11.5 Å². The van der Waals surface area contributed by atoms with Gasteiger partial charge in [0.1, 0.15) is 11.6 Å². The lowest BCUT2D eigenvalue weighted by molar-refractivity contribution is -0.141. The van der Waals surface area contributed by atoms with E-state index in [0.29, 0.717) is 11.6 Å². The number of ether oxygens (including phenoxy) is 1. The molecule has 0 atom stereocenters. The van der Waals surface area contributed by atoms with Crippen molar-refractivity contribution in [3.8, 4) is 11.8 Å². The van der Waals surface area contributed by atoms with Crippen LogP contribution in [-0.4, -0.2) is 18.4 Å². The van der Waals surface area contributed by atoms with Crippen LogP contribution in [0.5, 0.6) is 11.8 Å². The maximum Gasteiger partial charge on any atom is 0.433 e. The lowest BCUT2D eigenvalue weighted by Gasteiger charge is -2.18. The molecule has 0 fully saturated rings. The lowest BCUT2D eigenvalue weighted by atomic mass is 10.2. The van der Waals surface area contributed by atoms with Crippen LogP contribution in [0.3, 0.4) is 0 Å². The van der Waals surface area contributed by atoms with Crippen LogP contribution in [-0.2, 0) is 22.7 Å². The van der Waals surface area contributed by atoms with E-state index in [1.807, 2.05) is 0 Å². The minimum atomic E-state index is -4.87. The van der Waals surface area contributed by atoms with Crippen LogP contribution in [0.4, 0.5) is 23.4 Å². The van der Waals surface area contributed by atoms with Crippen LogP contribution in [0.2, 0.25) is 0 Å². The molecule has 1 aliphatic heterocycles. The van der Waals surface area contributed by atoms with E-state index in [1.165, 1.54) is 24.3 Å². The van der Waals surface area contributed by atoms with Crippen LogP contribution in [0.25, 0.3) is 0 Å². The van der Waals surface area contributed by atoms with Crippen LogP contribution >= 0.6 is 0 Å². The molecule has 2 aromatic carbocycles. The second kappa shape index (κ2) is 6.69. The molecule has 0 saturated heterocycles. The summed E-state index contributed by atoms with van der Waals surface area (Å²) in [5, 5.41) is 0. The first-order valence-corrected chi connectivity index (χ1v) is 9.59. The molecule has 150 valence electrons. The molecule has 0 aliphatic carbocycles. The van der Waals surface area contributed by atoms with Crippen molar-refractivity contribution in [2.75, 3.05) is 4.31 Å². The van der Waals surface area contributed by atoms with Crippen molar-refractivity contribution in [2.24, 2.45) is 0 Å². The number of hydrogen-bond donors (Lipinski definition) is 0. The van der Waals surface area contributed by atoms with E-state index in [0.717, 1.165) is 16.4 Å². The number of anilines is 1. The van der Waals surface area contributed by atoms with Gasteiger partial charge in [-0.2, -0.15) is 23.1 Å². The molecular formula is C18H11F4N3O3S. The first kappa shape index (κ1) is 19.1. The van der Waals surface area contributed by atoms with Crippen molar-refractivity contribution in [2.45, 2.75) is 17.6 Å². The third-order valence-electron chi connectivity index (χ3n) is 4.12. The Bertz CT molecular complexity index is 1180. The van der Waals surface area contributed by atoms with Crippen LogP contribution in [0.1, 0.15) is 11.3 Å². The van der Waals surface area contributed by atoms with Crippen molar-refractivity contribution < 1.29 is 30.7 Å². The highest BCUT2D eigenvalue weighted by Crippen LogP contribution is 2.37. The number of aromatic nitrogens is 2. The summed E-state index contributed by atoms with van der Waals surface area (Å²) in [5.41, 5.74) is -0.938. The molecule has 6 nitrogen and oxygen atoms in total. The number of halogens is 4. The Hall–Kier alpha value is -3.21. The molecule has 29 heavy (non-hydrogen) atoms. The highest BCUT2D eigenvalue weighted by atomic mass is 32.2. The average molecular weight is 425 g/mol. The second-order valence-electron chi connectivity index (χ2n) is 6.07. The number of nitrogens with zero attached hydrogens (tertiary/aromatic N) is 3. The van der Waals surface area contributed by atoms with E-state index in [9.17, 15) is 26.0 Å². The zero-order valence-electron chi connectivity index (χ0n) is 14.4. The molecule has 0 unspecified atom stereocenters. The van der Waals surface area contributed by atoms with Crippen molar-refractivity contribution in [1.82, 2.24) is 9.97 Å². The largest absolute Gasteiger partial charge is 0.433 e. The fourth-order valence-electron chi connectivity index (χ4n) is 2.79. The highest BCUT2D eigenvalue weighted by molar-refractivity contribution is 7.93. The van der Waals surface area contributed by atoms with Crippen LogP contribution < -0.4 is 9.04 Å². The molecule has 1 aliphatic rings. The SMILES string of the molecule is O=S1(=O)c2ccccc2CN1c1cc(C(F)(F)F)nc(Oc2ccc(F)cc2)n1. The van der Waals surface area contributed by atoms with E-state index in [2.05, 4.69) is 9.97 Å². The smallest absolute Gasteiger partial charge is 0.424 e. The molecule has 0 N–H and O–H groups in total. The van der Waals surface area contributed by atoms with E-state index >= 15 is 0 Å². The molecule has 0 radical (unpaired) electrons. The summed E-state index contributed by atoms with van der Waals surface area (Å²) in [6.07, 6.45) is -4.87. The topological polar surface area (TPSA) is 72.4 Å². The number of fused-ring (bicyclic) bond motifs is 1. The van der Waals surface area contributed by atoms with Gasteiger partial charge in [-0.1, -0.05) is 18.2 Å². The van der Waals surface area contributed by atoms with E-state index in [-0.39, 0.29) is 17.2 Å². The summed E-state index contributed by atoms with van der Waals surface area (Å²) in [6, 6.07) is 10.4. The van der Waals surface area contributed by atoms with E-state index in [1.54, 1.807) is 12.1 Å². The molecule has 3 aromatic rings. The van der Waals surface area contributed by atoms with Gasteiger partial charge in [-0.05, 0) is 35.9 Å². The number of rotatable bonds is 3. The van der Waals surface area contributed by atoms with Gasteiger partial charge < -0.3 is 4.74 Å². The third kappa shape index (κ3) is 3.60. The average Bonchev–Trinajstić information content (AvgIpc) is 2.94. The lowest BCUT2D eigenvalue weighted by Crippen LogP contribution is -2.25. The van der Waals surface area contributed by atoms with Gasteiger partial charge in [0.25, 0.3) is 10.0 Å². The first-order chi connectivity index (χ1) is 13.6. The van der Waals surface area contributed by atoms with E-state index < -0.39 is 39.5 Å². The predicted molar refractivity (Wildman–Crippen MR) is 93.3 cm³/mol. The quantitative estimate of drug-likeness (QED) is 0.590. The zero-order chi connectivity index (χ0) is 20.8. The van der Waals surface area contributed by atoms with Crippen LogP contribution in [0, 0.1) is 5.82 Å². The summed E-state index contributed by atoms with van der Waals surface area (Å²) in [7, 11) is -4.09. The minimum absolute atomic E-state index is 0.00632. The maximum atomic E-state index is 13.3. The van der Waals surface area contributed by atoms with Crippen LogP contribution in [0.15, 0.2) is 59.5 Å². The molecule has 1 aromatic heterocycles. The first-order valence-electron chi connectivity index (χ1n) is 8.15. The Morgan fingerprint density at radius 3 is 2.34 bits per heavy atom. The maximum absolute atomic E-state index is 13.3. The van der Waals surface area contributed by atoms with Crippen molar-refractivity contribution in [1.29, 1.82) is 0 Å². The van der Waals surface area contributed by atoms with Gasteiger partial charge in [-0.25, -0.2) is 17.1 Å². The normalized spacial score (nSPS) is 15.2. The third-order valence-corrected chi connectivity index (χ3v) is 5.97. The summed E-state index contributed by atoms with van der Waals surface area (Å²) < 4.78 is 84.4. The number of benzene rings is 2. The van der Waals surface area contributed by atoms with Crippen molar-refractivity contribution >= 4 is 15.8 Å². The van der Waals surface area contributed by atoms with Gasteiger partial charge in [0.2, 0.25) is 0 Å². The highest BCUT2D eigenvalue weighted by Gasteiger charge is 2.39. The Labute approximate surface area is 162 Å². The Kier molecular flexibility index (Phi) is 4.41. The van der Waals surface area contributed by atoms with Gasteiger partial charge in [0, 0.05) is 6.07 Å². The fraction of sp³-hybridized carbons (Fsp3) is 0.111. The molecule has 0 saturated carbocycles. The van der Waals surface area contributed by atoms with Crippen molar-refractivity contribution in [3.05, 3.63) is 71.7 Å². The van der Waals surface area contributed by atoms with Gasteiger partial charge in [0.05, 0.1) is 11.4 Å². The Morgan fingerprint density at radius 2 is 1.69 bits per heavy atom. The van der Waals surface area contributed by atoms with Gasteiger partial charge in [-0.15, -0.1) is 0 Å². The number of hydrogen-bond acceptors (Lipinski definition) is 5. The van der Waals surface area contributed by atoms with Gasteiger partial charge in [-0.3, -0.25) is 0 Å². The predicted octanol–water partition coefficient (Wildman–Crippen LogP) is 4.14. The number of sulfonamides is 1. The Balaban J connectivity index is 1.78. The molecule has 11 heteroatoms. The molecule has 0 bridgehead atoms. The van der Waals surface area contributed by atoms with E-state index in [4.69, 9.17) is 4.74 Å². The second-order valence-corrected chi connectivity index (χ2v) is 7.90. The van der Waals surface area contributed by atoms with Gasteiger partial charge >= 0.3 is 12.2 Å².